The summed E-state index contributed by atoms with van der Waals surface area (Å²) >= 11 is 0. The standard InChI is InChI=1S/C39H50N6O10S/c1-38(2,3)55-36(49)40-31-15-9-7-5-6-8-14-27-21-39(27,35(48)43-56(51,52)42-28-16-18-29(53-4)19-17-28)41-33(46)32-20-30(24-45(32)34(31)47)54-37(50)44-22-25-12-10-11-13-26(25)23-44/h8,10-14,16-19,27,30-32,42H,5-7,9,15,20-24H2,1-4H3,(H,40,49)(H,41,46)(H,43,48). The number of rotatable bonds is 7. The average Bonchev–Trinajstić information content (AvgIpc) is 3.43. The number of alkyl carbamates (subject to hydrolysis) is 1. The molecule has 5 unspecified atom stereocenters. The quantitative estimate of drug-likeness (QED) is 0.298. The van der Waals surface area contributed by atoms with Crippen LogP contribution in [-0.2, 0) is 47.2 Å². The molecular formula is C39H50N6O10S. The van der Waals surface area contributed by atoms with Gasteiger partial charge in [-0.25, -0.2) is 14.3 Å². The monoisotopic (exact) mass is 794 g/mol. The Balaban J connectivity index is 1.24. The molecule has 0 spiro atoms. The highest BCUT2D eigenvalue weighted by molar-refractivity contribution is 7.91. The number of allylic oxidation sites excluding steroid dienone is 1. The summed E-state index contributed by atoms with van der Waals surface area (Å²) in [7, 11) is -2.98. The van der Waals surface area contributed by atoms with Crippen LogP contribution in [0.15, 0.2) is 60.7 Å². The first-order valence-electron chi connectivity index (χ1n) is 18.9. The van der Waals surface area contributed by atoms with E-state index in [0.29, 0.717) is 31.7 Å². The lowest BCUT2D eigenvalue weighted by Crippen LogP contribution is -2.58. The second kappa shape index (κ2) is 16.4. The molecule has 2 fully saturated rings. The van der Waals surface area contributed by atoms with Gasteiger partial charge >= 0.3 is 22.4 Å². The van der Waals surface area contributed by atoms with Gasteiger partial charge in [-0.2, -0.15) is 8.42 Å². The topological polar surface area (TPSA) is 202 Å². The predicted molar refractivity (Wildman–Crippen MR) is 204 cm³/mol. The normalized spacial score (nSPS) is 25.3. The SMILES string of the molecule is COc1ccc(NS(=O)(=O)NC(=O)C23CC2C=CCCCCCC(NC(=O)OC(C)(C)C)C(=O)N2CC(OC(=O)N4Cc5ccccc5C4)CC2C(=O)N3)cc1. The third kappa shape index (κ3) is 9.72. The second-order valence-corrected chi connectivity index (χ2v) is 17.1. The maximum atomic E-state index is 14.4. The van der Waals surface area contributed by atoms with E-state index in [-0.39, 0.29) is 31.5 Å². The first-order valence-corrected chi connectivity index (χ1v) is 20.3. The minimum absolute atomic E-state index is 0.0984. The molecule has 302 valence electrons. The first-order chi connectivity index (χ1) is 26.6. The molecule has 3 aliphatic heterocycles. The fourth-order valence-electron chi connectivity index (χ4n) is 7.35. The molecule has 1 aliphatic carbocycles. The van der Waals surface area contributed by atoms with E-state index >= 15 is 0 Å². The lowest BCUT2D eigenvalue weighted by molar-refractivity contribution is -0.141. The maximum Gasteiger partial charge on any atom is 0.410 e. The van der Waals surface area contributed by atoms with Crippen molar-refractivity contribution < 1.29 is 46.6 Å². The molecule has 3 heterocycles. The van der Waals surface area contributed by atoms with Crippen LogP contribution in [0, 0.1) is 5.92 Å². The zero-order chi connectivity index (χ0) is 40.3. The Bertz CT molecular complexity index is 1940. The van der Waals surface area contributed by atoms with Gasteiger partial charge in [-0.1, -0.05) is 49.3 Å². The highest BCUT2D eigenvalue weighted by atomic mass is 32.2. The van der Waals surface area contributed by atoms with Gasteiger partial charge in [-0.05, 0) is 81.8 Å². The van der Waals surface area contributed by atoms with Crippen molar-refractivity contribution in [2.45, 2.75) is 108 Å². The van der Waals surface area contributed by atoms with Crippen LogP contribution in [0.4, 0.5) is 15.3 Å². The van der Waals surface area contributed by atoms with Gasteiger partial charge in [0, 0.05) is 25.4 Å². The third-order valence-corrected chi connectivity index (χ3v) is 11.2. The zero-order valence-corrected chi connectivity index (χ0v) is 32.9. The van der Waals surface area contributed by atoms with Crippen molar-refractivity contribution in [1.29, 1.82) is 0 Å². The molecule has 0 aromatic heterocycles. The molecule has 17 heteroatoms. The number of benzene rings is 2. The van der Waals surface area contributed by atoms with E-state index in [9.17, 15) is 32.4 Å². The van der Waals surface area contributed by atoms with Gasteiger partial charge in [0.1, 0.15) is 35.1 Å². The molecule has 16 nitrogen and oxygen atoms in total. The number of nitrogens with one attached hydrogen (secondary N) is 4. The molecule has 5 amide bonds. The fraction of sp³-hybridized carbons (Fsp3) is 0.513. The summed E-state index contributed by atoms with van der Waals surface area (Å²) in [5, 5.41) is 5.48. The summed E-state index contributed by atoms with van der Waals surface area (Å²) in [6.45, 7) is 5.65. The zero-order valence-electron chi connectivity index (χ0n) is 32.0. The van der Waals surface area contributed by atoms with Crippen LogP contribution in [0.3, 0.4) is 0 Å². The Morgan fingerprint density at radius 3 is 2.32 bits per heavy atom. The van der Waals surface area contributed by atoms with Gasteiger partial charge < -0.3 is 29.7 Å². The maximum absolute atomic E-state index is 14.4. The smallest absolute Gasteiger partial charge is 0.410 e. The number of amides is 5. The number of nitrogens with zero attached hydrogens (tertiary/aromatic N) is 2. The van der Waals surface area contributed by atoms with Gasteiger partial charge in [0.05, 0.1) is 19.3 Å². The highest BCUT2D eigenvalue weighted by Gasteiger charge is 2.61. The van der Waals surface area contributed by atoms with Gasteiger partial charge in [0.15, 0.2) is 0 Å². The minimum Gasteiger partial charge on any atom is -0.497 e. The molecule has 4 N–H and O–H groups in total. The largest absolute Gasteiger partial charge is 0.497 e. The van der Waals surface area contributed by atoms with Crippen LogP contribution >= 0.6 is 0 Å². The van der Waals surface area contributed by atoms with Crippen molar-refractivity contribution >= 4 is 45.8 Å². The summed E-state index contributed by atoms with van der Waals surface area (Å²) in [5.41, 5.74) is -0.326. The van der Waals surface area contributed by atoms with Crippen LogP contribution in [0.2, 0.25) is 0 Å². The van der Waals surface area contributed by atoms with E-state index in [2.05, 4.69) is 20.1 Å². The summed E-state index contributed by atoms with van der Waals surface area (Å²) in [6.07, 6.45) is 4.33. The number of methoxy groups -OCH3 is 1. The number of hydrogen-bond donors (Lipinski definition) is 4. The molecule has 4 aliphatic rings. The Morgan fingerprint density at radius 2 is 1.66 bits per heavy atom. The van der Waals surface area contributed by atoms with Gasteiger partial charge in [0.2, 0.25) is 11.8 Å². The van der Waals surface area contributed by atoms with Crippen LogP contribution in [0.5, 0.6) is 5.75 Å². The Hall–Kier alpha value is -5.32. The summed E-state index contributed by atoms with van der Waals surface area (Å²) in [6, 6.07) is 11.4. The molecule has 6 rings (SSSR count). The van der Waals surface area contributed by atoms with E-state index in [0.717, 1.165) is 24.0 Å². The van der Waals surface area contributed by atoms with E-state index in [4.69, 9.17) is 14.2 Å². The van der Waals surface area contributed by atoms with Crippen LogP contribution in [0.25, 0.3) is 0 Å². The summed E-state index contributed by atoms with van der Waals surface area (Å²) < 4.78 is 47.2. The Kier molecular flexibility index (Phi) is 11.8. The molecule has 2 aromatic carbocycles. The van der Waals surface area contributed by atoms with E-state index in [1.165, 1.54) is 29.0 Å². The van der Waals surface area contributed by atoms with Crippen LogP contribution in [-0.4, -0.2) is 91.1 Å². The van der Waals surface area contributed by atoms with Gasteiger partial charge in [0.25, 0.3) is 5.91 Å². The molecule has 0 bridgehead atoms. The average molecular weight is 795 g/mol. The second-order valence-electron chi connectivity index (χ2n) is 15.7. The highest BCUT2D eigenvalue weighted by Crippen LogP contribution is 2.46. The lowest BCUT2D eigenvalue weighted by atomic mass is 10.0. The number of hydrogen-bond acceptors (Lipinski definition) is 10. The van der Waals surface area contributed by atoms with Crippen LogP contribution < -0.4 is 24.8 Å². The number of ether oxygens (including phenoxy) is 3. The van der Waals surface area contributed by atoms with Crippen molar-refractivity contribution in [2.24, 2.45) is 5.92 Å². The van der Waals surface area contributed by atoms with Crippen molar-refractivity contribution in [3.63, 3.8) is 0 Å². The number of carbonyl (C=O) groups excluding carboxylic acids is 5. The van der Waals surface area contributed by atoms with Crippen molar-refractivity contribution in [2.75, 3.05) is 18.4 Å². The third-order valence-electron chi connectivity index (χ3n) is 10.3. The minimum atomic E-state index is -4.45. The van der Waals surface area contributed by atoms with Gasteiger partial charge in [-0.3, -0.25) is 24.0 Å². The Labute approximate surface area is 326 Å². The number of carbonyl (C=O) groups is 5. The van der Waals surface area contributed by atoms with Crippen LogP contribution in [0.1, 0.15) is 76.8 Å². The molecule has 5 atom stereocenters. The summed E-state index contributed by atoms with van der Waals surface area (Å²) in [4.78, 5) is 71.8. The molecule has 0 radical (unpaired) electrons. The molecular weight excluding hydrogens is 745 g/mol. The number of anilines is 1. The summed E-state index contributed by atoms with van der Waals surface area (Å²) in [5.74, 6) is -2.30. The van der Waals surface area contributed by atoms with Gasteiger partial charge in [-0.15, -0.1) is 0 Å². The van der Waals surface area contributed by atoms with Crippen molar-refractivity contribution in [3.8, 4) is 5.75 Å². The fourth-order valence-corrected chi connectivity index (χ4v) is 8.27. The molecule has 2 aromatic rings. The first kappa shape index (κ1) is 40.3. The van der Waals surface area contributed by atoms with Crippen molar-refractivity contribution in [1.82, 2.24) is 25.2 Å². The molecule has 1 saturated carbocycles. The van der Waals surface area contributed by atoms with E-state index in [1.807, 2.05) is 30.3 Å². The van der Waals surface area contributed by atoms with Crippen molar-refractivity contribution in [3.05, 3.63) is 71.8 Å². The lowest BCUT2D eigenvalue weighted by Gasteiger charge is -2.30. The Morgan fingerprint density at radius 1 is 0.964 bits per heavy atom. The molecule has 1 saturated heterocycles. The van der Waals surface area contributed by atoms with E-state index in [1.54, 1.807) is 39.0 Å². The van der Waals surface area contributed by atoms with E-state index < -0.39 is 75.4 Å². The number of fused-ring (bicyclic) bond motifs is 3. The predicted octanol–water partition coefficient (Wildman–Crippen LogP) is 3.88. The molecule has 56 heavy (non-hydrogen) atoms.